The Hall–Kier alpha value is -1.47. The Labute approximate surface area is 112 Å². The summed E-state index contributed by atoms with van der Waals surface area (Å²) in [6.07, 6.45) is 0. The zero-order chi connectivity index (χ0) is 14.6. The van der Waals surface area contributed by atoms with E-state index in [1.54, 1.807) is 13.8 Å². The lowest BCUT2D eigenvalue weighted by atomic mass is 10.2. The van der Waals surface area contributed by atoms with Crippen molar-refractivity contribution in [2.45, 2.75) is 18.7 Å². The Kier molecular flexibility index (Phi) is 5.02. The summed E-state index contributed by atoms with van der Waals surface area (Å²) in [5, 5.41) is 0. The van der Waals surface area contributed by atoms with E-state index in [2.05, 4.69) is 4.74 Å². The van der Waals surface area contributed by atoms with Gasteiger partial charge in [0, 0.05) is 13.1 Å². The molecule has 0 N–H and O–H groups in total. The molecule has 0 aliphatic rings. The third-order valence-corrected chi connectivity index (χ3v) is 4.74. The van der Waals surface area contributed by atoms with Crippen molar-refractivity contribution in [2.24, 2.45) is 0 Å². The lowest BCUT2D eigenvalue weighted by Crippen LogP contribution is -2.31. The van der Waals surface area contributed by atoms with Gasteiger partial charge in [-0.15, -0.1) is 0 Å². The van der Waals surface area contributed by atoms with E-state index in [0.29, 0.717) is 0 Å². The minimum atomic E-state index is -3.95. The summed E-state index contributed by atoms with van der Waals surface area (Å²) in [5.41, 5.74) is -0.00497. The van der Waals surface area contributed by atoms with Gasteiger partial charge in [-0.05, 0) is 18.2 Å². The average Bonchev–Trinajstić information content (AvgIpc) is 2.39. The van der Waals surface area contributed by atoms with E-state index in [-0.39, 0.29) is 18.7 Å². The first-order chi connectivity index (χ1) is 8.88. The lowest BCUT2D eigenvalue weighted by molar-refractivity contribution is 0.0600. The molecule has 0 saturated carbocycles. The molecule has 0 fully saturated rings. The second kappa shape index (κ2) is 6.12. The number of rotatable bonds is 5. The standard InChI is InChI=1S/C12H16FNO4S/c1-4-14(5-2)19(16,17)11-8-9(12(15)18-3)6-7-10(11)13/h6-8H,4-5H2,1-3H3. The molecule has 0 spiro atoms. The van der Waals surface area contributed by atoms with Gasteiger partial charge in [0.15, 0.2) is 0 Å². The van der Waals surface area contributed by atoms with Crippen LogP contribution >= 0.6 is 0 Å². The number of hydrogen-bond donors (Lipinski definition) is 0. The summed E-state index contributed by atoms with van der Waals surface area (Å²) in [7, 11) is -2.77. The molecule has 106 valence electrons. The number of carbonyl (C=O) groups excluding carboxylic acids is 1. The SMILES string of the molecule is CCN(CC)S(=O)(=O)c1cc(C(=O)OC)ccc1F. The Bertz CT molecular complexity index is 567. The molecule has 0 aromatic heterocycles. The fourth-order valence-corrected chi connectivity index (χ4v) is 3.20. The van der Waals surface area contributed by atoms with Crippen LogP contribution in [0.5, 0.6) is 0 Å². The number of halogens is 1. The first-order valence-corrected chi connectivity index (χ1v) is 7.20. The molecule has 0 heterocycles. The zero-order valence-electron chi connectivity index (χ0n) is 11.0. The summed E-state index contributed by atoms with van der Waals surface area (Å²) >= 11 is 0. The summed E-state index contributed by atoms with van der Waals surface area (Å²) in [4.78, 5) is 10.8. The van der Waals surface area contributed by atoms with Gasteiger partial charge in [-0.1, -0.05) is 13.8 Å². The van der Waals surface area contributed by atoms with E-state index in [4.69, 9.17) is 0 Å². The molecule has 0 aliphatic heterocycles. The Morgan fingerprint density at radius 3 is 2.37 bits per heavy atom. The van der Waals surface area contributed by atoms with Crippen LogP contribution in [-0.2, 0) is 14.8 Å². The van der Waals surface area contributed by atoms with Gasteiger partial charge in [0.2, 0.25) is 10.0 Å². The summed E-state index contributed by atoms with van der Waals surface area (Å²) < 4.78 is 43.7. The van der Waals surface area contributed by atoms with Crippen LogP contribution in [0.2, 0.25) is 0 Å². The molecule has 0 amide bonds. The third kappa shape index (κ3) is 3.10. The van der Waals surface area contributed by atoms with Crippen LogP contribution in [0.1, 0.15) is 24.2 Å². The van der Waals surface area contributed by atoms with Crippen LogP contribution in [0.3, 0.4) is 0 Å². The van der Waals surface area contributed by atoms with E-state index in [1.807, 2.05) is 0 Å². The van der Waals surface area contributed by atoms with Gasteiger partial charge in [0.1, 0.15) is 10.7 Å². The number of benzene rings is 1. The number of esters is 1. The molecule has 0 atom stereocenters. The molecule has 0 aliphatic carbocycles. The molecule has 1 rings (SSSR count). The zero-order valence-corrected chi connectivity index (χ0v) is 11.8. The van der Waals surface area contributed by atoms with Crippen LogP contribution in [0, 0.1) is 5.82 Å². The summed E-state index contributed by atoms with van der Waals surface area (Å²) in [5.74, 6) is -1.60. The minimum absolute atomic E-state index is 0.00497. The third-order valence-electron chi connectivity index (χ3n) is 2.68. The van der Waals surface area contributed by atoms with Crippen molar-refractivity contribution >= 4 is 16.0 Å². The van der Waals surface area contributed by atoms with E-state index in [0.717, 1.165) is 16.4 Å². The van der Waals surface area contributed by atoms with Crippen LogP contribution in [0.4, 0.5) is 4.39 Å². The maximum Gasteiger partial charge on any atom is 0.337 e. The normalized spacial score (nSPS) is 11.6. The van der Waals surface area contributed by atoms with Crippen molar-refractivity contribution in [2.75, 3.05) is 20.2 Å². The second-order valence-electron chi connectivity index (χ2n) is 3.73. The Balaban J connectivity index is 3.37. The molecular formula is C12H16FNO4S. The number of ether oxygens (including phenoxy) is 1. The van der Waals surface area contributed by atoms with Crippen LogP contribution in [0.25, 0.3) is 0 Å². The van der Waals surface area contributed by atoms with Crippen molar-refractivity contribution < 1.29 is 22.3 Å². The van der Waals surface area contributed by atoms with Crippen LogP contribution < -0.4 is 0 Å². The average molecular weight is 289 g/mol. The monoisotopic (exact) mass is 289 g/mol. The largest absolute Gasteiger partial charge is 0.465 e. The maximum absolute atomic E-state index is 13.7. The van der Waals surface area contributed by atoms with Crippen molar-refractivity contribution in [1.82, 2.24) is 4.31 Å². The van der Waals surface area contributed by atoms with E-state index >= 15 is 0 Å². The van der Waals surface area contributed by atoms with Crippen molar-refractivity contribution in [3.05, 3.63) is 29.6 Å². The molecule has 0 bridgehead atoms. The highest BCUT2D eigenvalue weighted by molar-refractivity contribution is 7.89. The van der Waals surface area contributed by atoms with Crippen molar-refractivity contribution in [1.29, 1.82) is 0 Å². The number of carbonyl (C=O) groups is 1. The first kappa shape index (κ1) is 15.6. The van der Waals surface area contributed by atoms with Crippen molar-refractivity contribution in [3.8, 4) is 0 Å². The highest BCUT2D eigenvalue weighted by Gasteiger charge is 2.26. The number of hydrogen-bond acceptors (Lipinski definition) is 4. The number of sulfonamides is 1. The Morgan fingerprint density at radius 2 is 1.89 bits per heavy atom. The van der Waals surface area contributed by atoms with Crippen LogP contribution in [-0.4, -0.2) is 38.9 Å². The smallest absolute Gasteiger partial charge is 0.337 e. The molecule has 19 heavy (non-hydrogen) atoms. The van der Waals surface area contributed by atoms with Gasteiger partial charge in [-0.3, -0.25) is 0 Å². The molecule has 0 unspecified atom stereocenters. The molecule has 5 nitrogen and oxygen atoms in total. The quantitative estimate of drug-likeness (QED) is 0.773. The molecule has 1 aromatic rings. The predicted molar refractivity (Wildman–Crippen MR) is 67.8 cm³/mol. The summed E-state index contributed by atoms with van der Waals surface area (Å²) in [6, 6.07) is 3.12. The highest BCUT2D eigenvalue weighted by atomic mass is 32.2. The fraction of sp³-hybridized carbons (Fsp3) is 0.417. The number of nitrogens with zero attached hydrogens (tertiary/aromatic N) is 1. The van der Waals surface area contributed by atoms with Crippen LogP contribution in [0.15, 0.2) is 23.1 Å². The fourth-order valence-electron chi connectivity index (χ4n) is 1.65. The topological polar surface area (TPSA) is 63.7 Å². The van der Waals surface area contributed by atoms with Gasteiger partial charge in [-0.25, -0.2) is 17.6 Å². The number of methoxy groups -OCH3 is 1. The molecular weight excluding hydrogens is 273 g/mol. The van der Waals surface area contributed by atoms with Gasteiger partial charge in [0.25, 0.3) is 0 Å². The van der Waals surface area contributed by atoms with Gasteiger partial charge in [-0.2, -0.15) is 4.31 Å². The Morgan fingerprint density at radius 1 is 1.32 bits per heavy atom. The van der Waals surface area contributed by atoms with Gasteiger partial charge in [0.05, 0.1) is 12.7 Å². The molecule has 0 radical (unpaired) electrons. The van der Waals surface area contributed by atoms with E-state index in [9.17, 15) is 17.6 Å². The van der Waals surface area contributed by atoms with E-state index < -0.39 is 26.7 Å². The van der Waals surface area contributed by atoms with Crippen molar-refractivity contribution in [3.63, 3.8) is 0 Å². The lowest BCUT2D eigenvalue weighted by Gasteiger charge is -2.19. The second-order valence-corrected chi connectivity index (χ2v) is 5.63. The highest BCUT2D eigenvalue weighted by Crippen LogP contribution is 2.21. The van der Waals surface area contributed by atoms with Gasteiger partial charge < -0.3 is 4.74 Å². The molecule has 7 heteroatoms. The summed E-state index contributed by atoms with van der Waals surface area (Å²) in [6.45, 7) is 3.76. The van der Waals surface area contributed by atoms with Gasteiger partial charge >= 0.3 is 5.97 Å². The first-order valence-electron chi connectivity index (χ1n) is 5.76. The maximum atomic E-state index is 13.7. The predicted octanol–water partition coefficient (Wildman–Crippen LogP) is 1.64. The molecule has 1 aromatic carbocycles. The minimum Gasteiger partial charge on any atom is -0.465 e. The van der Waals surface area contributed by atoms with E-state index in [1.165, 1.54) is 13.2 Å². The molecule has 0 saturated heterocycles.